The maximum absolute atomic E-state index is 12.3. The fourth-order valence-corrected chi connectivity index (χ4v) is 2.77. The predicted molar refractivity (Wildman–Crippen MR) is 91.8 cm³/mol. The van der Waals surface area contributed by atoms with Crippen LogP contribution in [0.4, 0.5) is 10.5 Å². The van der Waals surface area contributed by atoms with Crippen LogP contribution in [0.5, 0.6) is 0 Å². The molecule has 0 saturated carbocycles. The Morgan fingerprint density at radius 2 is 2.17 bits per heavy atom. The molecule has 0 spiro atoms. The average molecular weight is 343 g/mol. The number of aromatic nitrogens is 3. The molecule has 2 amide bonds. The van der Waals surface area contributed by atoms with Gasteiger partial charge in [0.25, 0.3) is 0 Å². The summed E-state index contributed by atoms with van der Waals surface area (Å²) in [4.78, 5) is 22.5. The molecule has 2 aromatic heterocycles. The van der Waals surface area contributed by atoms with E-state index in [1.165, 1.54) is 0 Å². The number of amides is 2. The zero-order valence-electron chi connectivity index (χ0n) is 13.6. The van der Waals surface area contributed by atoms with Crippen LogP contribution in [0.15, 0.2) is 34.2 Å². The van der Waals surface area contributed by atoms with Gasteiger partial charge in [0.05, 0.1) is 17.2 Å². The second-order valence-corrected chi connectivity index (χ2v) is 6.42. The van der Waals surface area contributed by atoms with Gasteiger partial charge < -0.3 is 14.7 Å². The molecule has 2 heterocycles. The summed E-state index contributed by atoms with van der Waals surface area (Å²) in [5, 5.41) is 9.69. The molecule has 0 aliphatic carbocycles. The topological polar surface area (TPSA) is 84.2 Å². The Balaban J connectivity index is 1.67. The van der Waals surface area contributed by atoms with E-state index < -0.39 is 0 Å². The number of carbonyl (C=O) groups is 1. The van der Waals surface area contributed by atoms with Crippen molar-refractivity contribution in [2.24, 2.45) is 0 Å². The number of nitrogens with one attached hydrogen (secondary N) is 1. The van der Waals surface area contributed by atoms with Crippen molar-refractivity contribution >= 4 is 23.1 Å². The molecule has 1 N–H and O–H groups in total. The van der Waals surface area contributed by atoms with Crippen molar-refractivity contribution in [1.82, 2.24) is 20.0 Å². The van der Waals surface area contributed by atoms with E-state index in [0.717, 1.165) is 16.3 Å². The van der Waals surface area contributed by atoms with Gasteiger partial charge in [-0.25, -0.2) is 9.78 Å². The van der Waals surface area contributed by atoms with Crippen LogP contribution in [0.3, 0.4) is 0 Å². The van der Waals surface area contributed by atoms with E-state index in [9.17, 15) is 4.79 Å². The molecule has 8 heteroatoms. The zero-order chi connectivity index (χ0) is 17.1. The Morgan fingerprint density at radius 1 is 1.33 bits per heavy atom. The van der Waals surface area contributed by atoms with Gasteiger partial charge in [-0.2, -0.15) is 4.98 Å². The minimum absolute atomic E-state index is 0.206. The first-order valence-corrected chi connectivity index (χ1v) is 8.23. The average Bonchev–Trinajstić information content (AvgIpc) is 3.16. The molecular formula is C16H17N5O2S. The molecule has 0 fully saturated rings. The van der Waals surface area contributed by atoms with Gasteiger partial charge in [0.15, 0.2) is 0 Å². The first kappa shape index (κ1) is 16.1. The number of nitrogens with zero attached hydrogens (tertiary/aromatic N) is 4. The number of urea groups is 1. The molecule has 0 unspecified atom stereocenters. The van der Waals surface area contributed by atoms with Crippen LogP contribution in [0.1, 0.15) is 16.6 Å². The maximum atomic E-state index is 12.3. The van der Waals surface area contributed by atoms with Gasteiger partial charge in [-0.15, -0.1) is 11.3 Å². The van der Waals surface area contributed by atoms with Gasteiger partial charge in [-0.05, 0) is 19.1 Å². The van der Waals surface area contributed by atoms with Crippen LogP contribution in [0, 0.1) is 13.8 Å². The monoisotopic (exact) mass is 343 g/mol. The second-order valence-electron chi connectivity index (χ2n) is 5.36. The molecule has 124 valence electrons. The Bertz CT molecular complexity index is 858. The second kappa shape index (κ2) is 6.79. The lowest BCUT2D eigenvalue weighted by molar-refractivity contribution is 0.220. The quantitative estimate of drug-likeness (QED) is 0.784. The van der Waals surface area contributed by atoms with Crippen LogP contribution >= 0.6 is 11.3 Å². The Hall–Kier alpha value is -2.74. The summed E-state index contributed by atoms with van der Waals surface area (Å²) in [5.41, 5.74) is 2.33. The highest BCUT2D eigenvalue weighted by Crippen LogP contribution is 2.20. The van der Waals surface area contributed by atoms with Gasteiger partial charge in [-0.1, -0.05) is 17.3 Å². The molecule has 3 aromatic rings. The third kappa shape index (κ3) is 3.77. The van der Waals surface area contributed by atoms with Gasteiger partial charge in [0, 0.05) is 30.6 Å². The number of anilines is 1. The third-order valence-corrected chi connectivity index (χ3v) is 4.13. The van der Waals surface area contributed by atoms with E-state index in [1.807, 2.05) is 36.6 Å². The summed E-state index contributed by atoms with van der Waals surface area (Å²) >= 11 is 1.57. The van der Waals surface area contributed by atoms with E-state index in [0.29, 0.717) is 23.9 Å². The zero-order valence-corrected chi connectivity index (χ0v) is 14.4. The summed E-state index contributed by atoms with van der Waals surface area (Å²) in [7, 11) is 1.73. The first-order valence-electron chi connectivity index (χ1n) is 7.35. The number of hydrogen-bond acceptors (Lipinski definition) is 6. The molecule has 0 radical (unpaired) electrons. The lowest BCUT2D eigenvalue weighted by Crippen LogP contribution is -2.30. The highest BCUT2D eigenvalue weighted by Gasteiger charge is 2.12. The normalized spacial score (nSPS) is 10.6. The molecule has 3 rings (SSSR count). The van der Waals surface area contributed by atoms with E-state index in [-0.39, 0.29) is 6.03 Å². The summed E-state index contributed by atoms with van der Waals surface area (Å²) in [6.07, 6.45) is 0. The van der Waals surface area contributed by atoms with Crippen molar-refractivity contribution in [3.63, 3.8) is 0 Å². The van der Waals surface area contributed by atoms with E-state index in [2.05, 4.69) is 20.4 Å². The van der Waals surface area contributed by atoms with Crippen LogP contribution < -0.4 is 5.32 Å². The van der Waals surface area contributed by atoms with Crippen LogP contribution in [0.25, 0.3) is 11.4 Å². The minimum atomic E-state index is -0.206. The molecule has 0 atom stereocenters. The molecule has 7 nitrogen and oxygen atoms in total. The van der Waals surface area contributed by atoms with Gasteiger partial charge >= 0.3 is 6.03 Å². The first-order chi connectivity index (χ1) is 11.5. The SMILES string of the molecule is Cc1nc(-c2cccc(NC(=O)N(C)Cc3csc(C)n3)c2)no1. The largest absolute Gasteiger partial charge is 0.339 e. The van der Waals surface area contributed by atoms with E-state index >= 15 is 0 Å². The highest BCUT2D eigenvalue weighted by atomic mass is 32.1. The van der Waals surface area contributed by atoms with Crippen molar-refractivity contribution in [2.45, 2.75) is 20.4 Å². The number of aryl methyl sites for hydroxylation is 2. The van der Waals surface area contributed by atoms with Gasteiger partial charge in [0.1, 0.15) is 0 Å². The summed E-state index contributed by atoms with van der Waals surface area (Å²) in [6.45, 7) is 4.14. The molecule has 0 saturated heterocycles. The van der Waals surface area contributed by atoms with Crippen molar-refractivity contribution in [2.75, 3.05) is 12.4 Å². The van der Waals surface area contributed by atoms with Crippen LogP contribution in [-0.4, -0.2) is 33.1 Å². The third-order valence-electron chi connectivity index (χ3n) is 3.31. The van der Waals surface area contributed by atoms with Gasteiger partial charge in [0.2, 0.25) is 11.7 Å². The van der Waals surface area contributed by atoms with E-state index in [4.69, 9.17) is 4.52 Å². The number of rotatable bonds is 4. The molecule has 0 aliphatic heterocycles. The number of hydrogen-bond donors (Lipinski definition) is 1. The number of carbonyl (C=O) groups excluding carboxylic acids is 1. The fourth-order valence-electron chi connectivity index (χ4n) is 2.17. The van der Waals surface area contributed by atoms with Crippen molar-refractivity contribution in [3.8, 4) is 11.4 Å². The molecular weight excluding hydrogens is 326 g/mol. The Morgan fingerprint density at radius 3 is 2.83 bits per heavy atom. The number of thiazole rings is 1. The van der Waals surface area contributed by atoms with Crippen molar-refractivity contribution < 1.29 is 9.32 Å². The minimum Gasteiger partial charge on any atom is -0.339 e. The fraction of sp³-hybridized carbons (Fsp3) is 0.250. The van der Waals surface area contributed by atoms with Crippen LogP contribution in [0.2, 0.25) is 0 Å². The summed E-state index contributed by atoms with van der Waals surface area (Å²) in [6, 6.07) is 7.11. The predicted octanol–water partition coefficient (Wildman–Crippen LogP) is 3.47. The summed E-state index contributed by atoms with van der Waals surface area (Å²) < 4.78 is 4.98. The summed E-state index contributed by atoms with van der Waals surface area (Å²) in [5.74, 6) is 0.993. The maximum Gasteiger partial charge on any atom is 0.321 e. The smallest absolute Gasteiger partial charge is 0.321 e. The lowest BCUT2D eigenvalue weighted by atomic mass is 10.2. The highest BCUT2D eigenvalue weighted by molar-refractivity contribution is 7.09. The number of benzene rings is 1. The van der Waals surface area contributed by atoms with Gasteiger partial charge in [-0.3, -0.25) is 0 Å². The lowest BCUT2D eigenvalue weighted by Gasteiger charge is -2.17. The van der Waals surface area contributed by atoms with Crippen LogP contribution in [-0.2, 0) is 6.54 Å². The molecule has 0 aliphatic rings. The van der Waals surface area contributed by atoms with Crippen molar-refractivity contribution in [3.05, 3.63) is 46.2 Å². The van der Waals surface area contributed by atoms with Crippen molar-refractivity contribution in [1.29, 1.82) is 0 Å². The molecule has 24 heavy (non-hydrogen) atoms. The van der Waals surface area contributed by atoms with E-state index in [1.54, 1.807) is 30.2 Å². The molecule has 0 bridgehead atoms. The Kier molecular flexibility index (Phi) is 4.57. The standard InChI is InChI=1S/C16H17N5O2S/c1-10-17-15(20-23-10)12-5-4-6-13(7-12)19-16(22)21(3)8-14-9-24-11(2)18-14/h4-7,9H,8H2,1-3H3,(H,19,22). The molecule has 1 aromatic carbocycles. The Labute approximate surface area is 143 Å².